The highest BCUT2D eigenvalue weighted by Gasteiger charge is 2.17. The first-order valence-electron chi connectivity index (χ1n) is 8.12. The van der Waals surface area contributed by atoms with Gasteiger partial charge in [-0.3, -0.25) is 4.79 Å². The Labute approximate surface area is 183 Å². The van der Waals surface area contributed by atoms with Crippen LogP contribution in [-0.2, 0) is 4.79 Å². The van der Waals surface area contributed by atoms with Gasteiger partial charge < -0.3 is 9.84 Å². The van der Waals surface area contributed by atoms with Crippen LogP contribution in [0.2, 0.25) is 0 Å². The number of phenols is 1. The van der Waals surface area contributed by atoms with Crippen LogP contribution in [-0.4, -0.2) is 23.8 Å². The predicted octanol–water partition coefficient (Wildman–Crippen LogP) is 5.64. The van der Waals surface area contributed by atoms with Gasteiger partial charge in [-0.1, -0.05) is 45.7 Å². The van der Waals surface area contributed by atoms with Crippen molar-refractivity contribution >= 4 is 59.9 Å². The summed E-state index contributed by atoms with van der Waals surface area (Å²) < 4.78 is 8.36. The quantitative estimate of drug-likeness (QED) is 0.353. The van der Waals surface area contributed by atoms with Crippen molar-refractivity contribution < 1.29 is 14.6 Å². The van der Waals surface area contributed by atoms with Gasteiger partial charge in [0.2, 0.25) is 0 Å². The molecule has 0 atom stereocenters. The minimum Gasteiger partial charge on any atom is -0.507 e. The molecule has 0 saturated carbocycles. The zero-order chi connectivity index (χ0) is 20.1. The summed E-state index contributed by atoms with van der Waals surface area (Å²) in [6.45, 7) is 5.90. The van der Waals surface area contributed by atoms with E-state index in [9.17, 15) is 9.90 Å². The third-order valence-electron chi connectivity index (χ3n) is 3.78. The molecule has 0 heterocycles. The number of halogens is 3. The molecule has 5 nitrogen and oxygen atoms in total. The minimum absolute atomic E-state index is 0.0725. The maximum Gasteiger partial charge on any atom is 0.277 e. The van der Waals surface area contributed by atoms with E-state index in [1.165, 1.54) is 12.3 Å². The molecule has 2 rings (SSSR count). The van der Waals surface area contributed by atoms with Gasteiger partial charge in [-0.2, -0.15) is 5.10 Å². The number of phenolic OH excluding ortho intramolecular Hbond substituents is 1. The number of aromatic hydroxyl groups is 1. The third-order valence-corrected chi connectivity index (χ3v) is 6.06. The molecule has 0 bridgehead atoms. The van der Waals surface area contributed by atoms with Crippen molar-refractivity contribution in [2.45, 2.75) is 26.7 Å². The Morgan fingerprint density at radius 2 is 2.00 bits per heavy atom. The second-order valence-corrected chi connectivity index (χ2v) is 8.72. The fourth-order valence-electron chi connectivity index (χ4n) is 2.26. The zero-order valence-corrected chi connectivity index (χ0v) is 19.8. The van der Waals surface area contributed by atoms with Crippen LogP contribution in [0, 0.1) is 6.92 Å². The molecule has 0 aliphatic carbocycles. The Bertz CT molecular complexity index is 883. The van der Waals surface area contributed by atoms with Crippen LogP contribution in [0.3, 0.4) is 0 Å². The Balaban J connectivity index is 2.05. The minimum atomic E-state index is -0.400. The average Bonchev–Trinajstić information content (AvgIpc) is 2.61. The number of rotatable bonds is 6. The molecule has 0 fully saturated rings. The smallest absolute Gasteiger partial charge is 0.277 e. The molecule has 2 N–H and O–H groups in total. The first kappa shape index (κ1) is 21.9. The molecule has 1 amide bonds. The fourth-order valence-corrected chi connectivity index (χ4v) is 3.91. The van der Waals surface area contributed by atoms with E-state index in [4.69, 9.17) is 4.74 Å². The number of hydrogen-bond donors (Lipinski definition) is 2. The highest BCUT2D eigenvalue weighted by molar-refractivity contribution is 9.11. The number of hydrogen-bond acceptors (Lipinski definition) is 4. The van der Waals surface area contributed by atoms with E-state index in [2.05, 4.69) is 72.2 Å². The lowest BCUT2D eigenvalue weighted by Crippen LogP contribution is -2.25. The maximum absolute atomic E-state index is 12.1. The summed E-state index contributed by atoms with van der Waals surface area (Å²) in [5.74, 6) is 0.550. The average molecular weight is 563 g/mol. The number of ether oxygens (including phenoxy) is 1. The Morgan fingerprint density at radius 3 is 2.67 bits per heavy atom. The SMILES string of the molecule is Cc1c(Br)cc(C(C)C)c(OCC(=O)NN=Cc2cc(Br)ccc2O)c1Br. The number of carbonyl (C=O) groups is 1. The van der Waals surface area contributed by atoms with Gasteiger partial charge in [0, 0.05) is 14.5 Å². The van der Waals surface area contributed by atoms with Crippen LogP contribution in [0.5, 0.6) is 11.5 Å². The van der Waals surface area contributed by atoms with E-state index < -0.39 is 5.91 Å². The molecule has 0 aromatic heterocycles. The number of nitrogens with one attached hydrogen (secondary N) is 1. The molecule has 8 heteroatoms. The van der Waals surface area contributed by atoms with Gasteiger partial charge in [-0.05, 0) is 64.2 Å². The lowest BCUT2D eigenvalue weighted by atomic mass is 10.0. The summed E-state index contributed by atoms with van der Waals surface area (Å²) in [5.41, 5.74) is 4.88. The van der Waals surface area contributed by atoms with Crippen LogP contribution < -0.4 is 10.2 Å². The lowest BCUT2D eigenvalue weighted by Gasteiger charge is -2.18. The van der Waals surface area contributed by atoms with Crippen LogP contribution in [0.1, 0.15) is 36.5 Å². The molecular weight excluding hydrogens is 544 g/mol. The summed E-state index contributed by atoms with van der Waals surface area (Å²) in [6, 6.07) is 6.95. The molecule has 2 aromatic rings. The van der Waals surface area contributed by atoms with Gasteiger partial charge in [-0.15, -0.1) is 0 Å². The van der Waals surface area contributed by atoms with Crippen LogP contribution >= 0.6 is 47.8 Å². The number of carbonyl (C=O) groups excluding carboxylic acids is 1. The standard InChI is InChI=1S/C19H19Br3N2O3/c1-10(2)14-7-15(21)11(3)18(22)19(14)27-9-17(26)24-23-8-12-6-13(20)4-5-16(12)25/h4-8,10,25H,9H2,1-3H3,(H,24,26). The molecule has 0 saturated heterocycles. The fraction of sp³-hybridized carbons (Fsp3) is 0.263. The van der Waals surface area contributed by atoms with Crippen LogP contribution in [0.15, 0.2) is 42.8 Å². The molecule has 27 heavy (non-hydrogen) atoms. The van der Waals surface area contributed by atoms with Crippen molar-refractivity contribution in [3.05, 3.63) is 54.4 Å². The van der Waals surface area contributed by atoms with E-state index in [0.717, 1.165) is 24.5 Å². The van der Waals surface area contributed by atoms with Crippen molar-refractivity contribution in [1.29, 1.82) is 0 Å². The number of nitrogens with zero attached hydrogens (tertiary/aromatic N) is 1. The molecule has 0 unspecified atom stereocenters. The van der Waals surface area contributed by atoms with Gasteiger partial charge in [0.25, 0.3) is 5.91 Å². The summed E-state index contributed by atoms with van der Waals surface area (Å²) in [4.78, 5) is 12.1. The van der Waals surface area contributed by atoms with Gasteiger partial charge in [-0.25, -0.2) is 5.43 Å². The summed E-state index contributed by atoms with van der Waals surface area (Å²) >= 11 is 10.4. The molecular formula is C19H19Br3N2O3. The largest absolute Gasteiger partial charge is 0.507 e. The Kier molecular flexibility index (Phi) is 7.88. The van der Waals surface area contributed by atoms with Crippen molar-refractivity contribution in [2.75, 3.05) is 6.61 Å². The predicted molar refractivity (Wildman–Crippen MR) is 118 cm³/mol. The van der Waals surface area contributed by atoms with Crippen molar-refractivity contribution in [2.24, 2.45) is 5.10 Å². The number of amides is 1. The third kappa shape index (κ3) is 5.80. The first-order chi connectivity index (χ1) is 12.7. The van der Waals surface area contributed by atoms with Gasteiger partial charge in [0.05, 0.1) is 10.7 Å². The molecule has 144 valence electrons. The molecule has 0 aliphatic heterocycles. The van der Waals surface area contributed by atoms with Gasteiger partial charge in [0.15, 0.2) is 6.61 Å². The maximum atomic E-state index is 12.1. The summed E-state index contributed by atoms with van der Waals surface area (Å²) in [6.07, 6.45) is 1.37. The van der Waals surface area contributed by atoms with E-state index in [1.807, 2.05) is 13.0 Å². The Morgan fingerprint density at radius 1 is 1.30 bits per heavy atom. The van der Waals surface area contributed by atoms with Gasteiger partial charge in [0.1, 0.15) is 11.5 Å². The summed E-state index contributed by atoms with van der Waals surface area (Å²) in [7, 11) is 0. The van der Waals surface area contributed by atoms with Crippen molar-refractivity contribution in [3.8, 4) is 11.5 Å². The molecule has 0 spiro atoms. The topological polar surface area (TPSA) is 70.9 Å². The van der Waals surface area contributed by atoms with Crippen LogP contribution in [0.25, 0.3) is 0 Å². The molecule has 0 aliphatic rings. The Hall–Kier alpha value is -1.38. The second kappa shape index (κ2) is 9.71. The summed E-state index contributed by atoms with van der Waals surface area (Å²) in [5, 5.41) is 13.6. The van der Waals surface area contributed by atoms with Crippen LogP contribution in [0.4, 0.5) is 0 Å². The van der Waals surface area contributed by atoms with Crippen molar-refractivity contribution in [3.63, 3.8) is 0 Å². The van der Waals surface area contributed by atoms with Gasteiger partial charge >= 0.3 is 0 Å². The van der Waals surface area contributed by atoms with Crippen molar-refractivity contribution in [1.82, 2.24) is 5.43 Å². The zero-order valence-electron chi connectivity index (χ0n) is 15.0. The highest BCUT2D eigenvalue weighted by atomic mass is 79.9. The number of hydrazone groups is 1. The van der Waals surface area contributed by atoms with E-state index >= 15 is 0 Å². The van der Waals surface area contributed by atoms with E-state index in [0.29, 0.717) is 11.3 Å². The monoisotopic (exact) mass is 560 g/mol. The highest BCUT2D eigenvalue weighted by Crippen LogP contribution is 2.40. The number of benzene rings is 2. The van der Waals surface area contributed by atoms with E-state index in [-0.39, 0.29) is 18.3 Å². The lowest BCUT2D eigenvalue weighted by molar-refractivity contribution is -0.123. The molecule has 2 aromatic carbocycles. The molecule has 0 radical (unpaired) electrons. The second-order valence-electron chi connectivity index (χ2n) is 6.16. The first-order valence-corrected chi connectivity index (χ1v) is 10.5. The van der Waals surface area contributed by atoms with E-state index in [1.54, 1.807) is 12.1 Å². The normalized spacial score (nSPS) is 11.2.